The Balaban J connectivity index is 0.00000220. The average Bonchev–Trinajstić information content (AvgIpc) is 2.87. The minimum atomic E-state index is -0.501. The number of carbonyl (C=O) groups is 1. The Labute approximate surface area is 130 Å². The maximum atomic E-state index is 12.0. The van der Waals surface area contributed by atoms with Crippen LogP contribution in [0.25, 0.3) is 11.1 Å². The molecule has 2 rings (SSSR count). The van der Waals surface area contributed by atoms with E-state index >= 15 is 0 Å². The first-order valence-electron chi connectivity index (χ1n) is 7.01. The minimum Gasteiger partial charge on any atom is -0.441 e. The third-order valence-electron chi connectivity index (χ3n) is 3.56. The first-order chi connectivity index (χ1) is 9.55. The zero-order valence-corrected chi connectivity index (χ0v) is 13.4. The molecule has 21 heavy (non-hydrogen) atoms. The van der Waals surface area contributed by atoms with Gasteiger partial charge in [-0.25, -0.2) is 4.98 Å². The summed E-state index contributed by atoms with van der Waals surface area (Å²) in [4.78, 5) is 16.4. The SMILES string of the molecule is CCc1nc2cc(NC(=O)C(N)C(C)CC)ccc2o1.Cl. The van der Waals surface area contributed by atoms with Gasteiger partial charge in [0, 0.05) is 12.1 Å². The number of aryl methyl sites for hydroxylation is 1. The Bertz CT molecular complexity index is 612. The fraction of sp³-hybridized carbons (Fsp3) is 0.467. The van der Waals surface area contributed by atoms with Gasteiger partial charge in [-0.15, -0.1) is 12.4 Å². The number of rotatable bonds is 5. The number of amides is 1. The number of nitrogens with zero attached hydrogens (tertiary/aromatic N) is 1. The maximum absolute atomic E-state index is 12.0. The smallest absolute Gasteiger partial charge is 0.241 e. The predicted octanol–water partition coefficient (Wildman–Crippen LogP) is 3.12. The van der Waals surface area contributed by atoms with E-state index in [0.29, 0.717) is 11.6 Å². The normalized spacial score (nSPS) is 13.5. The Morgan fingerprint density at radius 1 is 1.43 bits per heavy atom. The van der Waals surface area contributed by atoms with Crippen LogP contribution >= 0.6 is 12.4 Å². The molecule has 1 aromatic heterocycles. The number of fused-ring (bicyclic) bond motifs is 1. The van der Waals surface area contributed by atoms with Crippen LogP contribution in [-0.2, 0) is 11.2 Å². The van der Waals surface area contributed by atoms with Crippen molar-refractivity contribution in [3.63, 3.8) is 0 Å². The zero-order chi connectivity index (χ0) is 14.7. The second-order valence-corrected chi connectivity index (χ2v) is 5.04. The molecule has 2 unspecified atom stereocenters. The lowest BCUT2D eigenvalue weighted by Gasteiger charge is -2.17. The van der Waals surface area contributed by atoms with E-state index in [1.807, 2.05) is 26.8 Å². The summed E-state index contributed by atoms with van der Waals surface area (Å²) in [6.07, 6.45) is 1.62. The molecule has 5 nitrogen and oxygen atoms in total. The van der Waals surface area contributed by atoms with Gasteiger partial charge in [-0.2, -0.15) is 0 Å². The summed E-state index contributed by atoms with van der Waals surface area (Å²) in [6.45, 7) is 5.97. The van der Waals surface area contributed by atoms with Crippen molar-refractivity contribution in [3.05, 3.63) is 24.1 Å². The molecule has 0 saturated heterocycles. The molecule has 2 aromatic rings. The molecule has 1 amide bonds. The van der Waals surface area contributed by atoms with E-state index in [-0.39, 0.29) is 24.2 Å². The van der Waals surface area contributed by atoms with Crippen molar-refractivity contribution in [3.8, 4) is 0 Å². The quantitative estimate of drug-likeness (QED) is 0.889. The summed E-state index contributed by atoms with van der Waals surface area (Å²) >= 11 is 0. The molecule has 0 saturated carbocycles. The first kappa shape index (κ1) is 17.5. The van der Waals surface area contributed by atoms with Crippen molar-refractivity contribution in [1.29, 1.82) is 0 Å². The standard InChI is InChI=1S/C15H21N3O2.ClH/c1-4-9(3)14(16)15(19)17-10-6-7-12-11(8-10)18-13(5-2)20-12;/h6-9,14H,4-5,16H2,1-3H3,(H,17,19);1H. The third-order valence-corrected chi connectivity index (χ3v) is 3.56. The molecule has 0 bridgehead atoms. The number of nitrogens with two attached hydrogens (primary N) is 1. The zero-order valence-electron chi connectivity index (χ0n) is 12.6. The highest BCUT2D eigenvalue weighted by molar-refractivity contribution is 5.96. The number of hydrogen-bond donors (Lipinski definition) is 2. The Morgan fingerprint density at radius 2 is 2.14 bits per heavy atom. The highest BCUT2D eigenvalue weighted by Gasteiger charge is 2.19. The van der Waals surface area contributed by atoms with Crippen molar-refractivity contribution in [2.45, 2.75) is 39.7 Å². The van der Waals surface area contributed by atoms with Crippen LogP contribution < -0.4 is 11.1 Å². The van der Waals surface area contributed by atoms with Crippen molar-refractivity contribution < 1.29 is 9.21 Å². The van der Waals surface area contributed by atoms with Gasteiger partial charge in [-0.1, -0.05) is 27.2 Å². The monoisotopic (exact) mass is 311 g/mol. The van der Waals surface area contributed by atoms with E-state index in [0.717, 1.165) is 23.9 Å². The van der Waals surface area contributed by atoms with Crippen molar-refractivity contribution in [2.24, 2.45) is 11.7 Å². The van der Waals surface area contributed by atoms with Crippen LogP contribution in [0.2, 0.25) is 0 Å². The fourth-order valence-corrected chi connectivity index (χ4v) is 1.94. The lowest BCUT2D eigenvalue weighted by atomic mass is 9.99. The van der Waals surface area contributed by atoms with E-state index in [1.165, 1.54) is 0 Å². The van der Waals surface area contributed by atoms with Gasteiger partial charge in [0.25, 0.3) is 0 Å². The Kier molecular flexibility index (Phi) is 6.18. The van der Waals surface area contributed by atoms with E-state index in [1.54, 1.807) is 12.1 Å². The van der Waals surface area contributed by atoms with Crippen molar-refractivity contribution >= 4 is 35.1 Å². The first-order valence-corrected chi connectivity index (χ1v) is 7.01. The lowest BCUT2D eigenvalue weighted by molar-refractivity contribution is -0.118. The third kappa shape index (κ3) is 3.95. The van der Waals surface area contributed by atoms with Gasteiger partial charge >= 0.3 is 0 Å². The van der Waals surface area contributed by atoms with Crippen molar-refractivity contribution in [2.75, 3.05) is 5.32 Å². The summed E-state index contributed by atoms with van der Waals surface area (Å²) in [7, 11) is 0. The lowest BCUT2D eigenvalue weighted by Crippen LogP contribution is -2.40. The largest absolute Gasteiger partial charge is 0.441 e. The number of anilines is 1. The van der Waals surface area contributed by atoms with Crippen LogP contribution in [0, 0.1) is 5.92 Å². The molecule has 1 heterocycles. The van der Waals surface area contributed by atoms with Gasteiger partial charge in [-0.3, -0.25) is 4.79 Å². The molecule has 0 aliphatic carbocycles. The number of hydrogen-bond acceptors (Lipinski definition) is 4. The summed E-state index contributed by atoms with van der Waals surface area (Å²) in [5.41, 5.74) is 8.08. The maximum Gasteiger partial charge on any atom is 0.241 e. The molecule has 6 heteroatoms. The molecular formula is C15H22ClN3O2. The second kappa shape index (κ2) is 7.43. The molecule has 116 valence electrons. The van der Waals surface area contributed by atoms with Crippen LogP contribution in [-0.4, -0.2) is 16.9 Å². The topological polar surface area (TPSA) is 81.2 Å². The molecule has 0 fully saturated rings. The molecule has 3 N–H and O–H groups in total. The summed E-state index contributed by atoms with van der Waals surface area (Å²) in [5, 5.41) is 2.83. The average molecular weight is 312 g/mol. The fourth-order valence-electron chi connectivity index (χ4n) is 1.94. The minimum absolute atomic E-state index is 0. The Morgan fingerprint density at radius 3 is 2.76 bits per heavy atom. The van der Waals surface area contributed by atoms with Gasteiger partial charge in [0.1, 0.15) is 5.52 Å². The highest BCUT2D eigenvalue weighted by Crippen LogP contribution is 2.20. The van der Waals surface area contributed by atoms with E-state index in [4.69, 9.17) is 10.2 Å². The molecule has 0 aliphatic rings. The second-order valence-electron chi connectivity index (χ2n) is 5.04. The number of benzene rings is 1. The number of oxazole rings is 1. The number of nitrogens with one attached hydrogen (secondary N) is 1. The van der Waals surface area contributed by atoms with Crippen LogP contribution in [0.5, 0.6) is 0 Å². The van der Waals surface area contributed by atoms with Crippen LogP contribution in [0.4, 0.5) is 5.69 Å². The van der Waals surface area contributed by atoms with E-state index < -0.39 is 6.04 Å². The molecule has 1 aromatic carbocycles. The van der Waals surface area contributed by atoms with Gasteiger partial charge < -0.3 is 15.5 Å². The molecule has 2 atom stereocenters. The van der Waals surface area contributed by atoms with Crippen molar-refractivity contribution in [1.82, 2.24) is 4.98 Å². The van der Waals surface area contributed by atoms with Crippen LogP contribution in [0.3, 0.4) is 0 Å². The molecule has 0 spiro atoms. The van der Waals surface area contributed by atoms with Crippen LogP contribution in [0.1, 0.15) is 33.1 Å². The van der Waals surface area contributed by atoms with Crippen LogP contribution in [0.15, 0.2) is 22.6 Å². The predicted molar refractivity (Wildman–Crippen MR) is 86.7 cm³/mol. The number of aromatic nitrogens is 1. The van der Waals surface area contributed by atoms with Gasteiger partial charge in [0.15, 0.2) is 11.5 Å². The molecular weight excluding hydrogens is 290 g/mol. The van der Waals surface area contributed by atoms with E-state index in [2.05, 4.69) is 10.3 Å². The highest BCUT2D eigenvalue weighted by atomic mass is 35.5. The molecule has 0 aliphatic heterocycles. The Hall–Kier alpha value is -1.59. The summed E-state index contributed by atoms with van der Waals surface area (Å²) in [6, 6.07) is 4.92. The summed E-state index contributed by atoms with van der Waals surface area (Å²) < 4.78 is 5.53. The number of halogens is 1. The summed E-state index contributed by atoms with van der Waals surface area (Å²) in [5.74, 6) is 0.676. The number of carbonyl (C=O) groups excluding carboxylic acids is 1. The van der Waals surface area contributed by atoms with E-state index in [9.17, 15) is 4.79 Å². The van der Waals surface area contributed by atoms with Gasteiger partial charge in [0.2, 0.25) is 5.91 Å². The van der Waals surface area contributed by atoms with Gasteiger partial charge in [0.05, 0.1) is 6.04 Å². The van der Waals surface area contributed by atoms with Gasteiger partial charge in [-0.05, 0) is 24.1 Å². The molecule has 0 radical (unpaired) electrons.